The smallest absolute Gasteiger partial charge is 0.140 e. The molecule has 6 N–H and O–H groups in total. The van der Waals surface area contributed by atoms with Crippen LogP contribution in [0.5, 0.6) is 0 Å². The Kier molecular flexibility index (Phi) is 8.96. The minimum absolute atomic E-state index is 0.454. The Labute approximate surface area is 104 Å². The van der Waals surface area contributed by atoms with Crippen LogP contribution in [0.25, 0.3) is 0 Å². The average Bonchev–Trinajstić information content (AvgIpc) is 2.31. The highest BCUT2D eigenvalue weighted by Gasteiger charge is 2.23. The average molecular weight is 265 g/mol. The highest BCUT2D eigenvalue weighted by atomic mass is 33.1. The van der Waals surface area contributed by atoms with Crippen LogP contribution >= 0.6 is 21.6 Å². The van der Waals surface area contributed by atoms with Gasteiger partial charge in [0.1, 0.15) is 12.6 Å². The van der Waals surface area contributed by atoms with Gasteiger partial charge in [0, 0.05) is 11.5 Å². The molecule has 0 rings (SSSR count). The van der Waals surface area contributed by atoms with Gasteiger partial charge in [0.25, 0.3) is 0 Å². The first-order chi connectivity index (χ1) is 7.58. The van der Waals surface area contributed by atoms with Crippen LogP contribution in [0.15, 0.2) is 0 Å². The van der Waals surface area contributed by atoms with Crippen molar-refractivity contribution in [2.45, 2.75) is 24.4 Å². The fourth-order valence-electron chi connectivity index (χ4n) is 0.914. The molecule has 0 aliphatic rings. The Morgan fingerprint density at radius 1 is 1.31 bits per heavy atom. The van der Waals surface area contributed by atoms with Crippen LogP contribution in [0.3, 0.4) is 0 Å². The largest absolute Gasteiger partial charge is 0.330 e. The van der Waals surface area contributed by atoms with Crippen LogP contribution in [-0.4, -0.2) is 42.2 Å². The summed E-state index contributed by atoms with van der Waals surface area (Å²) >= 11 is 0. The molecule has 0 spiro atoms. The second-order valence-electron chi connectivity index (χ2n) is 3.59. The van der Waals surface area contributed by atoms with E-state index in [1.54, 1.807) is 0 Å². The molecule has 0 aromatic heterocycles. The van der Waals surface area contributed by atoms with Crippen molar-refractivity contribution in [3.63, 3.8) is 0 Å². The van der Waals surface area contributed by atoms with Gasteiger partial charge in [-0.2, -0.15) is 0 Å². The molecule has 0 radical (unpaired) electrons. The summed E-state index contributed by atoms with van der Waals surface area (Å²) in [6, 6.07) is -0.454. The monoisotopic (exact) mass is 265 g/mol. The summed E-state index contributed by atoms with van der Waals surface area (Å²) in [6.07, 6.45) is 2.79. The summed E-state index contributed by atoms with van der Waals surface area (Å²) < 4.78 is 0. The van der Waals surface area contributed by atoms with Gasteiger partial charge in [0.15, 0.2) is 0 Å². The highest BCUT2D eigenvalue weighted by Crippen LogP contribution is 2.26. The Balaban J connectivity index is 3.77. The highest BCUT2D eigenvalue weighted by molar-refractivity contribution is 8.76. The molecular formula is C9H19N3O2S2. The standard InChI is InChI=1S/C9H19N3O2S2/c10-3-1-2-9(12,6-14)7-16-15-5-8(11)4-13/h4,6,8H,1-3,5,7,10-12H2. The van der Waals surface area contributed by atoms with Gasteiger partial charge < -0.3 is 26.8 Å². The van der Waals surface area contributed by atoms with Gasteiger partial charge in [-0.1, -0.05) is 21.6 Å². The van der Waals surface area contributed by atoms with Gasteiger partial charge >= 0.3 is 0 Å². The lowest BCUT2D eigenvalue weighted by molar-refractivity contribution is -0.111. The Bertz CT molecular complexity index is 219. The molecule has 94 valence electrons. The first-order valence-corrected chi connectivity index (χ1v) is 7.47. The summed E-state index contributed by atoms with van der Waals surface area (Å²) in [7, 11) is 2.91. The number of aldehydes is 2. The molecule has 0 amide bonds. The van der Waals surface area contributed by atoms with Gasteiger partial charge in [-0.15, -0.1) is 0 Å². The topological polar surface area (TPSA) is 112 Å². The van der Waals surface area contributed by atoms with Crippen LogP contribution in [-0.2, 0) is 9.59 Å². The summed E-state index contributed by atoms with van der Waals surface area (Å²) in [4.78, 5) is 21.1. The zero-order valence-electron chi connectivity index (χ0n) is 9.13. The lowest BCUT2D eigenvalue weighted by Crippen LogP contribution is -2.44. The quantitative estimate of drug-likeness (QED) is 0.278. The van der Waals surface area contributed by atoms with E-state index in [1.807, 2.05) is 0 Å². The Morgan fingerprint density at radius 2 is 2.00 bits per heavy atom. The normalized spacial score (nSPS) is 16.4. The molecule has 7 heteroatoms. The molecule has 0 aliphatic heterocycles. The fourth-order valence-corrected chi connectivity index (χ4v) is 3.43. The van der Waals surface area contributed by atoms with E-state index in [0.29, 0.717) is 30.8 Å². The lowest BCUT2D eigenvalue weighted by Gasteiger charge is -2.21. The minimum atomic E-state index is -0.817. The number of carbonyl (C=O) groups excluding carboxylic acids is 2. The molecular weight excluding hydrogens is 246 g/mol. The summed E-state index contributed by atoms with van der Waals surface area (Å²) in [5, 5.41) is 0. The number of hydrogen-bond donors (Lipinski definition) is 3. The van der Waals surface area contributed by atoms with E-state index in [0.717, 1.165) is 12.7 Å². The molecule has 2 unspecified atom stereocenters. The van der Waals surface area contributed by atoms with E-state index in [9.17, 15) is 9.59 Å². The summed E-state index contributed by atoms with van der Waals surface area (Å²) in [6.45, 7) is 0.528. The van der Waals surface area contributed by atoms with E-state index in [2.05, 4.69) is 0 Å². The maximum Gasteiger partial charge on any atom is 0.140 e. The van der Waals surface area contributed by atoms with Crippen molar-refractivity contribution < 1.29 is 9.59 Å². The third-order valence-corrected chi connectivity index (χ3v) is 4.53. The molecule has 2 atom stereocenters. The zero-order valence-corrected chi connectivity index (χ0v) is 10.8. The van der Waals surface area contributed by atoms with E-state index in [-0.39, 0.29) is 0 Å². The molecule has 5 nitrogen and oxygen atoms in total. The predicted octanol–water partition coefficient (Wildman–Crippen LogP) is -0.471. The van der Waals surface area contributed by atoms with E-state index in [4.69, 9.17) is 17.2 Å². The van der Waals surface area contributed by atoms with Crippen molar-refractivity contribution in [1.29, 1.82) is 0 Å². The van der Waals surface area contributed by atoms with Crippen molar-refractivity contribution in [2.75, 3.05) is 18.1 Å². The molecule has 16 heavy (non-hydrogen) atoms. The van der Waals surface area contributed by atoms with Gasteiger partial charge in [-0.25, -0.2) is 0 Å². The maximum atomic E-state index is 10.8. The molecule has 0 bridgehead atoms. The molecule has 0 saturated heterocycles. The Morgan fingerprint density at radius 3 is 2.50 bits per heavy atom. The maximum absolute atomic E-state index is 10.8. The fraction of sp³-hybridized carbons (Fsp3) is 0.778. The molecule has 0 aliphatic carbocycles. The SMILES string of the molecule is NCCCC(N)(C=O)CSSCC(N)C=O. The predicted molar refractivity (Wildman–Crippen MR) is 70.2 cm³/mol. The third-order valence-electron chi connectivity index (χ3n) is 1.93. The zero-order chi connectivity index (χ0) is 12.4. The van der Waals surface area contributed by atoms with Gasteiger partial charge in [-0.3, -0.25) is 0 Å². The van der Waals surface area contributed by atoms with Gasteiger partial charge in [0.2, 0.25) is 0 Å². The summed E-state index contributed by atoms with van der Waals surface area (Å²) in [5.41, 5.74) is 15.8. The van der Waals surface area contributed by atoms with Gasteiger partial charge in [0.05, 0.1) is 11.6 Å². The number of carbonyl (C=O) groups is 2. The molecule has 0 aromatic rings. The van der Waals surface area contributed by atoms with Crippen LogP contribution in [0.4, 0.5) is 0 Å². The minimum Gasteiger partial charge on any atom is -0.330 e. The molecule has 0 aromatic carbocycles. The van der Waals surface area contributed by atoms with Crippen molar-refractivity contribution in [3.8, 4) is 0 Å². The van der Waals surface area contributed by atoms with Crippen molar-refractivity contribution >= 4 is 34.2 Å². The van der Waals surface area contributed by atoms with E-state index < -0.39 is 11.6 Å². The van der Waals surface area contributed by atoms with Gasteiger partial charge in [-0.05, 0) is 19.4 Å². The molecule has 0 saturated carbocycles. The van der Waals surface area contributed by atoms with Crippen molar-refractivity contribution in [2.24, 2.45) is 17.2 Å². The first kappa shape index (κ1) is 15.9. The van der Waals surface area contributed by atoms with Crippen LogP contribution < -0.4 is 17.2 Å². The second-order valence-corrected chi connectivity index (χ2v) is 6.10. The number of hydrogen-bond acceptors (Lipinski definition) is 7. The van der Waals surface area contributed by atoms with Crippen LogP contribution in [0.2, 0.25) is 0 Å². The van der Waals surface area contributed by atoms with Crippen LogP contribution in [0.1, 0.15) is 12.8 Å². The lowest BCUT2D eigenvalue weighted by atomic mass is 9.99. The third kappa shape index (κ3) is 7.24. The van der Waals surface area contributed by atoms with Crippen molar-refractivity contribution in [3.05, 3.63) is 0 Å². The second kappa shape index (κ2) is 9.00. The number of nitrogens with two attached hydrogens (primary N) is 3. The molecule has 0 heterocycles. The van der Waals surface area contributed by atoms with Crippen LogP contribution in [0, 0.1) is 0 Å². The van der Waals surface area contributed by atoms with E-state index >= 15 is 0 Å². The van der Waals surface area contributed by atoms with Crippen molar-refractivity contribution in [1.82, 2.24) is 0 Å². The molecule has 0 fully saturated rings. The summed E-state index contributed by atoms with van der Waals surface area (Å²) in [5.74, 6) is 1.03. The first-order valence-electron chi connectivity index (χ1n) is 4.98. The number of rotatable bonds is 10. The van der Waals surface area contributed by atoms with E-state index in [1.165, 1.54) is 21.6 Å². The Hall–Kier alpha value is -0.0800.